The van der Waals surface area contributed by atoms with Crippen molar-refractivity contribution in [3.05, 3.63) is 21.9 Å². The van der Waals surface area contributed by atoms with Gasteiger partial charge < -0.3 is 0 Å². The van der Waals surface area contributed by atoms with E-state index in [0.717, 1.165) is 5.70 Å². The van der Waals surface area contributed by atoms with E-state index in [4.69, 9.17) is 0 Å². The molecule has 0 spiro atoms. The van der Waals surface area contributed by atoms with Crippen LogP contribution in [0.5, 0.6) is 0 Å². The highest BCUT2D eigenvalue weighted by Gasteiger charge is 2.18. The molecule has 0 saturated heterocycles. The third-order valence-corrected chi connectivity index (χ3v) is 4.26. The Bertz CT molecular complexity index is 350. The first-order valence-electron chi connectivity index (χ1n) is 4.17. The molecule has 0 bridgehead atoms. The second-order valence-corrected chi connectivity index (χ2v) is 7.38. The van der Waals surface area contributed by atoms with Crippen molar-refractivity contribution in [2.75, 3.05) is 0 Å². The third kappa shape index (κ3) is 3.91. The molecule has 0 amide bonds. The summed E-state index contributed by atoms with van der Waals surface area (Å²) in [5, 5.41) is 0. The molecule has 0 aromatic heterocycles. The summed E-state index contributed by atoms with van der Waals surface area (Å²) >= 11 is -0.201. The molecule has 0 fully saturated rings. The molecule has 1 unspecified atom stereocenters. The standard InChI is InChI=1S/C9H13IN2OS/c1-9(2,3)14(13)11-7-8-5-4-6-10-12-8/h4-7H,1-3H3. The average Bonchev–Trinajstić information content (AvgIpc) is 2.14. The SMILES string of the molecule is CC(C)(C)S(=O)N=CC1=CC=CI=N1. The van der Waals surface area contributed by atoms with Gasteiger partial charge in [0.15, 0.2) is 0 Å². The van der Waals surface area contributed by atoms with Gasteiger partial charge in [0.2, 0.25) is 0 Å². The Morgan fingerprint density at radius 3 is 2.79 bits per heavy atom. The lowest BCUT2D eigenvalue weighted by atomic mass is 10.3. The molecule has 14 heavy (non-hydrogen) atoms. The summed E-state index contributed by atoms with van der Waals surface area (Å²) in [7, 11) is -1.18. The molecule has 0 N–H and O–H groups in total. The molecule has 5 heteroatoms. The van der Waals surface area contributed by atoms with Gasteiger partial charge in [0.1, 0.15) is 11.0 Å². The van der Waals surface area contributed by atoms with Crippen LogP contribution in [0.4, 0.5) is 0 Å². The molecule has 0 aromatic carbocycles. The minimum atomic E-state index is -1.18. The van der Waals surface area contributed by atoms with Crippen LogP contribution in [0.15, 0.2) is 29.5 Å². The monoisotopic (exact) mass is 324 g/mol. The van der Waals surface area contributed by atoms with E-state index in [1.165, 1.54) is 0 Å². The fourth-order valence-corrected chi connectivity index (χ4v) is 2.29. The van der Waals surface area contributed by atoms with Crippen molar-refractivity contribution >= 4 is 38.2 Å². The van der Waals surface area contributed by atoms with E-state index in [2.05, 4.69) is 11.6 Å². The van der Waals surface area contributed by atoms with Gasteiger partial charge in [0.05, 0.1) is 16.7 Å². The van der Waals surface area contributed by atoms with E-state index < -0.39 is 11.0 Å². The number of rotatable bonds is 2. The van der Waals surface area contributed by atoms with Crippen LogP contribution in [0, 0.1) is 0 Å². The molecule has 3 nitrogen and oxygen atoms in total. The van der Waals surface area contributed by atoms with Crippen molar-refractivity contribution in [1.82, 2.24) is 0 Å². The predicted molar refractivity (Wildman–Crippen MR) is 70.1 cm³/mol. The first kappa shape index (κ1) is 11.9. The van der Waals surface area contributed by atoms with Crippen LogP contribution in [0.25, 0.3) is 0 Å². The summed E-state index contributed by atoms with van der Waals surface area (Å²) in [6.45, 7) is 5.71. The smallest absolute Gasteiger partial charge is 0.144 e. The zero-order valence-electron chi connectivity index (χ0n) is 8.40. The Kier molecular flexibility index (Phi) is 4.31. The Hall–Kier alpha value is -0.170. The first-order valence-corrected chi connectivity index (χ1v) is 7.48. The second kappa shape index (κ2) is 5.06. The molecule has 0 saturated carbocycles. The molecule has 1 rings (SSSR count). The Morgan fingerprint density at radius 2 is 2.29 bits per heavy atom. The van der Waals surface area contributed by atoms with Gasteiger partial charge >= 0.3 is 0 Å². The maximum atomic E-state index is 11.5. The molecule has 1 aliphatic rings. The van der Waals surface area contributed by atoms with Gasteiger partial charge in [-0.15, -0.1) is 0 Å². The summed E-state index contributed by atoms with van der Waals surface area (Å²) in [5.41, 5.74) is 0.831. The molecule has 1 aliphatic heterocycles. The van der Waals surface area contributed by atoms with Crippen molar-refractivity contribution in [2.24, 2.45) is 7.54 Å². The average molecular weight is 324 g/mol. The van der Waals surface area contributed by atoms with Crippen molar-refractivity contribution in [1.29, 1.82) is 0 Å². The van der Waals surface area contributed by atoms with E-state index in [1.807, 2.05) is 32.9 Å². The maximum Gasteiger partial charge on any atom is 0.144 e. The minimum Gasteiger partial charge on any atom is -0.234 e. The number of hydrogen-bond acceptors (Lipinski definition) is 2. The first-order chi connectivity index (χ1) is 6.50. The van der Waals surface area contributed by atoms with E-state index in [0.29, 0.717) is 0 Å². The normalized spacial score (nSPS) is 19.2. The van der Waals surface area contributed by atoms with E-state index >= 15 is 0 Å². The minimum absolute atomic E-state index is 0.201. The van der Waals surface area contributed by atoms with Gasteiger partial charge in [-0.3, -0.25) is 0 Å². The lowest BCUT2D eigenvalue weighted by molar-refractivity contribution is 0.651. The highest BCUT2D eigenvalue weighted by atomic mass is 127. The lowest BCUT2D eigenvalue weighted by Crippen LogP contribution is -2.19. The van der Waals surface area contributed by atoms with Gasteiger partial charge in [-0.05, 0) is 30.9 Å². The fourth-order valence-electron chi connectivity index (χ4n) is 0.605. The number of nitrogens with zero attached hydrogens (tertiary/aromatic N) is 2. The van der Waals surface area contributed by atoms with Crippen molar-refractivity contribution in [3.63, 3.8) is 0 Å². The van der Waals surface area contributed by atoms with Crippen LogP contribution in [0.1, 0.15) is 20.8 Å². The van der Waals surface area contributed by atoms with Crippen LogP contribution in [0.2, 0.25) is 0 Å². The van der Waals surface area contributed by atoms with Gasteiger partial charge in [-0.25, -0.2) is 7.35 Å². The van der Waals surface area contributed by atoms with E-state index in [9.17, 15) is 4.21 Å². The molecule has 1 heterocycles. The van der Waals surface area contributed by atoms with Gasteiger partial charge in [0, 0.05) is 21.0 Å². The number of halogens is 1. The highest BCUT2D eigenvalue weighted by Crippen LogP contribution is 2.16. The van der Waals surface area contributed by atoms with E-state index in [1.54, 1.807) is 6.21 Å². The summed E-state index contributed by atoms with van der Waals surface area (Å²) < 4.78 is 21.6. The van der Waals surface area contributed by atoms with Crippen LogP contribution in [-0.2, 0) is 11.0 Å². The predicted octanol–water partition coefficient (Wildman–Crippen LogP) is 3.08. The molecule has 0 aromatic rings. The van der Waals surface area contributed by atoms with Crippen molar-refractivity contribution in [3.8, 4) is 0 Å². The topological polar surface area (TPSA) is 41.8 Å². The van der Waals surface area contributed by atoms with Crippen LogP contribution in [0.3, 0.4) is 0 Å². The third-order valence-electron chi connectivity index (χ3n) is 1.35. The molecular weight excluding hydrogens is 311 g/mol. The molecule has 1 atom stereocenters. The quantitative estimate of drug-likeness (QED) is 0.568. The Morgan fingerprint density at radius 1 is 1.57 bits per heavy atom. The molecule has 0 aliphatic carbocycles. The van der Waals surface area contributed by atoms with Gasteiger partial charge in [-0.2, -0.15) is 4.40 Å². The summed E-state index contributed by atoms with van der Waals surface area (Å²) in [6.07, 6.45) is 5.46. The maximum absolute atomic E-state index is 11.5. The zero-order valence-corrected chi connectivity index (χ0v) is 11.4. The molecular formula is C9H13IN2OS. The van der Waals surface area contributed by atoms with Crippen LogP contribution < -0.4 is 0 Å². The molecule has 78 valence electrons. The highest BCUT2D eigenvalue weighted by molar-refractivity contribution is 14.2. The van der Waals surface area contributed by atoms with Crippen LogP contribution >= 0.6 is 21.0 Å². The Balaban J connectivity index is 2.65. The van der Waals surface area contributed by atoms with Gasteiger partial charge in [0.25, 0.3) is 0 Å². The van der Waals surface area contributed by atoms with Crippen LogP contribution in [-0.4, -0.2) is 15.2 Å². The Labute approximate surface area is 97.1 Å². The van der Waals surface area contributed by atoms with Crippen molar-refractivity contribution in [2.45, 2.75) is 25.5 Å². The van der Waals surface area contributed by atoms with Crippen molar-refractivity contribution < 1.29 is 4.21 Å². The van der Waals surface area contributed by atoms with E-state index in [-0.39, 0.29) is 25.8 Å². The van der Waals surface area contributed by atoms with Gasteiger partial charge in [-0.1, -0.05) is 6.08 Å². The fraction of sp³-hybridized carbons (Fsp3) is 0.444. The molecule has 0 radical (unpaired) electrons. The largest absolute Gasteiger partial charge is 0.234 e. The lowest BCUT2D eigenvalue weighted by Gasteiger charge is -2.12. The number of hydrogen-bond donors (Lipinski definition) is 0. The zero-order chi connectivity index (χ0) is 10.6. The summed E-state index contributed by atoms with van der Waals surface area (Å²) in [5.74, 6) is 0. The summed E-state index contributed by atoms with van der Waals surface area (Å²) in [6, 6.07) is 0. The summed E-state index contributed by atoms with van der Waals surface area (Å²) in [4.78, 5) is 0. The second-order valence-electron chi connectivity index (χ2n) is 3.69. The number of allylic oxidation sites excluding steroid dienone is 3.